The normalized spacial score (nSPS) is 10.2. The molecule has 21 heavy (non-hydrogen) atoms. The molecule has 2 aromatic rings. The van der Waals surface area contributed by atoms with Gasteiger partial charge in [0, 0.05) is 6.20 Å². The number of aromatic nitrogens is 2. The number of benzene rings is 1. The number of hydrogen-bond donors (Lipinski definition) is 2. The van der Waals surface area contributed by atoms with E-state index in [-0.39, 0.29) is 17.9 Å². The molecule has 1 aromatic heterocycles. The summed E-state index contributed by atoms with van der Waals surface area (Å²) in [5.41, 5.74) is 1.67. The van der Waals surface area contributed by atoms with E-state index in [9.17, 15) is 9.90 Å². The van der Waals surface area contributed by atoms with Crippen LogP contribution in [0.15, 0.2) is 24.4 Å². The minimum atomic E-state index is -0.507. The van der Waals surface area contributed by atoms with Crippen molar-refractivity contribution in [2.45, 2.75) is 20.8 Å². The van der Waals surface area contributed by atoms with E-state index in [0.29, 0.717) is 17.3 Å². The number of anilines is 2. The van der Waals surface area contributed by atoms with E-state index in [0.717, 1.165) is 5.56 Å². The number of esters is 1. The first kappa shape index (κ1) is 14.8. The van der Waals surface area contributed by atoms with Crippen molar-refractivity contribution in [2.24, 2.45) is 0 Å². The smallest absolute Gasteiger partial charge is 0.343 e. The minimum Gasteiger partial charge on any atom is -0.506 e. The largest absolute Gasteiger partial charge is 0.506 e. The molecule has 0 aliphatic heterocycles. The molecule has 6 heteroatoms. The molecule has 0 unspecified atom stereocenters. The topological polar surface area (TPSA) is 84.3 Å². The summed E-state index contributed by atoms with van der Waals surface area (Å²) in [5, 5.41) is 12.8. The van der Waals surface area contributed by atoms with Gasteiger partial charge in [0.25, 0.3) is 0 Å². The van der Waals surface area contributed by atoms with Gasteiger partial charge in [-0.1, -0.05) is 6.07 Å². The number of aryl methyl sites for hydroxylation is 2. The summed E-state index contributed by atoms with van der Waals surface area (Å²) >= 11 is 0. The van der Waals surface area contributed by atoms with Gasteiger partial charge in [0.15, 0.2) is 0 Å². The van der Waals surface area contributed by atoms with Crippen LogP contribution in [0.2, 0.25) is 0 Å². The van der Waals surface area contributed by atoms with Gasteiger partial charge in [-0.3, -0.25) is 0 Å². The fraction of sp³-hybridized carbons (Fsp3) is 0.267. The highest BCUT2D eigenvalue weighted by molar-refractivity contribution is 5.95. The van der Waals surface area contributed by atoms with E-state index in [1.54, 1.807) is 32.0 Å². The van der Waals surface area contributed by atoms with Crippen LogP contribution in [0, 0.1) is 13.8 Å². The maximum absolute atomic E-state index is 11.9. The maximum Gasteiger partial charge on any atom is 0.343 e. The summed E-state index contributed by atoms with van der Waals surface area (Å²) in [5.74, 6) is 0.387. The van der Waals surface area contributed by atoms with Crippen molar-refractivity contribution in [2.75, 3.05) is 11.9 Å². The van der Waals surface area contributed by atoms with Crippen LogP contribution in [-0.2, 0) is 4.74 Å². The molecule has 1 aromatic carbocycles. The lowest BCUT2D eigenvalue weighted by Crippen LogP contribution is -2.11. The fourth-order valence-electron chi connectivity index (χ4n) is 1.80. The number of carbonyl (C=O) groups is 1. The molecule has 0 aliphatic carbocycles. The number of phenolic OH excluding ortho intramolecular Hbond substituents is 1. The van der Waals surface area contributed by atoms with E-state index in [1.165, 1.54) is 6.20 Å². The molecule has 1 heterocycles. The van der Waals surface area contributed by atoms with Gasteiger partial charge < -0.3 is 15.2 Å². The average molecular weight is 287 g/mol. The number of nitrogens with zero attached hydrogens (tertiary/aromatic N) is 2. The summed E-state index contributed by atoms with van der Waals surface area (Å²) in [6, 6.07) is 5.13. The van der Waals surface area contributed by atoms with Crippen LogP contribution in [0.1, 0.15) is 28.7 Å². The highest BCUT2D eigenvalue weighted by Gasteiger charge is 2.16. The third kappa shape index (κ3) is 3.47. The summed E-state index contributed by atoms with van der Waals surface area (Å²) in [7, 11) is 0. The summed E-state index contributed by atoms with van der Waals surface area (Å²) in [4.78, 5) is 20.1. The van der Waals surface area contributed by atoms with Gasteiger partial charge in [0.2, 0.25) is 0 Å². The Morgan fingerprint density at radius 2 is 2.14 bits per heavy atom. The van der Waals surface area contributed by atoms with Gasteiger partial charge in [-0.15, -0.1) is 0 Å². The number of nitrogens with one attached hydrogen (secondary N) is 1. The third-order valence-electron chi connectivity index (χ3n) is 2.81. The van der Waals surface area contributed by atoms with Gasteiger partial charge in [-0.2, -0.15) is 0 Å². The predicted octanol–water partition coefficient (Wildman–Crippen LogP) is 2.72. The number of carbonyl (C=O) groups excluding carboxylic acids is 1. The summed E-state index contributed by atoms with van der Waals surface area (Å²) in [6.45, 7) is 5.62. The zero-order valence-corrected chi connectivity index (χ0v) is 12.2. The Balaban J connectivity index is 2.40. The van der Waals surface area contributed by atoms with Crippen molar-refractivity contribution in [1.29, 1.82) is 0 Å². The molecule has 0 fully saturated rings. The molecule has 0 bridgehead atoms. The zero-order valence-electron chi connectivity index (χ0n) is 12.2. The second-order valence-corrected chi connectivity index (χ2v) is 4.55. The second-order valence-electron chi connectivity index (χ2n) is 4.55. The molecular weight excluding hydrogens is 270 g/mol. The molecule has 2 N–H and O–H groups in total. The van der Waals surface area contributed by atoms with Crippen LogP contribution in [0.4, 0.5) is 11.5 Å². The van der Waals surface area contributed by atoms with Gasteiger partial charge in [-0.05, 0) is 38.5 Å². The van der Waals surface area contributed by atoms with Gasteiger partial charge in [0.1, 0.15) is 23.0 Å². The highest BCUT2D eigenvalue weighted by atomic mass is 16.5. The molecule has 0 saturated heterocycles. The molecule has 0 aliphatic rings. The van der Waals surface area contributed by atoms with Crippen molar-refractivity contribution in [3.63, 3.8) is 0 Å². The first-order valence-corrected chi connectivity index (χ1v) is 6.58. The van der Waals surface area contributed by atoms with E-state index < -0.39 is 5.97 Å². The van der Waals surface area contributed by atoms with E-state index in [4.69, 9.17) is 4.74 Å². The van der Waals surface area contributed by atoms with Crippen molar-refractivity contribution in [3.05, 3.63) is 41.3 Å². The van der Waals surface area contributed by atoms with Crippen LogP contribution < -0.4 is 5.32 Å². The number of aromatic hydroxyl groups is 1. The van der Waals surface area contributed by atoms with Gasteiger partial charge in [-0.25, -0.2) is 14.8 Å². The lowest BCUT2D eigenvalue weighted by atomic mass is 10.2. The number of rotatable bonds is 4. The zero-order chi connectivity index (χ0) is 15.4. The minimum absolute atomic E-state index is 0.0756. The van der Waals surface area contributed by atoms with Crippen molar-refractivity contribution >= 4 is 17.5 Å². The summed E-state index contributed by atoms with van der Waals surface area (Å²) in [6.07, 6.45) is 1.41. The Morgan fingerprint density at radius 3 is 2.86 bits per heavy atom. The SMILES string of the molecule is CCOC(=O)c1cnc(C)nc1Nc1cc(C)ccc1O. The molecule has 0 amide bonds. The standard InChI is InChI=1S/C15H17N3O3/c1-4-21-15(20)11-8-16-10(3)17-14(11)18-12-7-9(2)5-6-13(12)19/h5-8,19H,4H2,1-3H3,(H,16,17,18). The molecule has 0 saturated carbocycles. The quantitative estimate of drug-likeness (QED) is 0.664. The summed E-state index contributed by atoms with van der Waals surface area (Å²) < 4.78 is 4.98. The Kier molecular flexibility index (Phi) is 4.37. The van der Waals surface area contributed by atoms with Crippen LogP contribution in [0.25, 0.3) is 0 Å². The lowest BCUT2D eigenvalue weighted by Gasteiger charge is -2.12. The van der Waals surface area contributed by atoms with Crippen LogP contribution in [-0.4, -0.2) is 27.7 Å². The lowest BCUT2D eigenvalue weighted by molar-refractivity contribution is 0.0526. The van der Waals surface area contributed by atoms with Crippen molar-refractivity contribution < 1.29 is 14.6 Å². The number of ether oxygens (including phenoxy) is 1. The molecule has 0 atom stereocenters. The Hall–Kier alpha value is -2.63. The Labute approximate surface area is 122 Å². The van der Waals surface area contributed by atoms with Crippen LogP contribution in [0.5, 0.6) is 5.75 Å². The number of phenols is 1. The monoisotopic (exact) mass is 287 g/mol. The highest BCUT2D eigenvalue weighted by Crippen LogP contribution is 2.28. The first-order valence-electron chi connectivity index (χ1n) is 6.58. The molecule has 0 radical (unpaired) electrons. The van der Waals surface area contributed by atoms with Crippen LogP contribution >= 0.6 is 0 Å². The third-order valence-corrected chi connectivity index (χ3v) is 2.81. The van der Waals surface area contributed by atoms with E-state index in [1.807, 2.05) is 6.92 Å². The molecule has 6 nitrogen and oxygen atoms in total. The fourth-order valence-corrected chi connectivity index (χ4v) is 1.80. The van der Waals surface area contributed by atoms with Gasteiger partial charge >= 0.3 is 5.97 Å². The van der Waals surface area contributed by atoms with Gasteiger partial charge in [0.05, 0.1) is 12.3 Å². The van der Waals surface area contributed by atoms with Crippen molar-refractivity contribution in [3.8, 4) is 5.75 Å². The molecular formula is C15H17N3O3. The second kappa shape index (κ2) is 6.21. The number of hydrogen-bond acceptors (Lipinski definition) is 6. The Morgan fingerprint density at radius 1 is 1.38 bits per heavy atom. The molecule has 0 spiro atoms. The van der Waals surface area contributed by atoms with E-state index in [2.05, 4.69) is 15.3 Å². The Bertz CT molecular complexity index is 671. The van der Waals surface area contributed by atoms with Crippen LogP contribution in [0.3, 0.4) is 0 Å². The predicted molar refractivity (Wildman–Crippen MR) is 78.9 cm³/mol. The average Bonchev–Trinajstić information content (AvgIpc) is 2.43. The van der Waals surface area contributed by atoms with Crippen molar-refractivity contribution in [1.82, 2.24) is 9.97 Å². The maximum atomic E-state index is 11.9. The van der Waals surface area contributed by atoms with E-state index >= 15 is 0 Å². The first-order chi connectivity index (χ1) is 10.0. The molecule has 2 rings (SSSR count). The molecule has 110 valence electrons.